The largest absolute Gasteiger partial charge is 0.307 e. The maximum Gasteiger partial charge on any atom is 0.0705 e. The van der Waals surface area contributed by atoms with Crippen LogP contribution in [0.4, 0.5) is 0 Å². The van der Waals surface area contributed by atoms with E-state index in [4.69, 9.17) is 0 Å². The molecule has 0 saturated heterocycles. The van der Waals surface area contributed by atoms with Crippen LogP contribution >= 0.6 is 0 Å². The molecule has 1 aliphatic carbocycles. The molecule has 1 heterocycles. The fourth-order valence-corrected chi connectivity index (χ4v) is 2.59. The van der Waals surface area contributed by atoms with Gasteiger partial charge in [-0.05, 0) is 56.9 Å². The van der Waals surface area contributed by atoms with Crippen molar-refractivity contribution < 1.29 is 0 Å². The third kappa shape index (κ3) is 2.25. The van der Waals surface area contributed by atoms with Crippen LogP contribution in [0.3, 0.4) is 0 Å². The average molecular weight is 240 g/mol. The van der Waals surface area contributed by atoms with Crippen molar-refractivity contribution in [3.63, 3.8) is 0 Å². The van der Waals surface area contributed by atoms with Crippen LogP contribution in [-0.2, 0) is 6.54 Å². The molecule has 0 unspecified atom stereocenters. The van der Waals surface area contributed by atoms with Gasteiger partial charge in [-0.25, -0.2) is 0 Å². The highest BCUT2D eigenvalue weighted by atomic mass is 15.0. The van der Waals surface area contributed by atoms with Gasteiger partial charge in [0.15, 0.2) is 0 Å². The highest BCUT2D eigenvalue weighted by molar-refractivity contribution is 5.79. The van der Waals surface area contributed by atoms with Crippen LogP contribution in [0.5, 0.6) is 0 Å². The number of hydrogen-bond acceptors (Lipinski definition) is 2. The molecule has 0 bridgehead atoms. The second-order valence-electron chi connectivity index (χ2n) is 5.75. The van der Waals surface area contributed by atoms with E-state index >= 15 is 0 Å². The number of benzene rings is 1. The van der Waals surface area contributed by atoms with Crippen molar-refractivity contribution in [2.75, 3.05) is 0 Å². The molecule has 2 aromatic rings. The fourth-order valence-electron chi connectivity index (χ4n) is 2.59. The number of pyridine rings is 1. The molecular formula is C16H20N2. The van der Waals surface area contributed by atoms with Crippen molar-refractivity contribution in [1.82, 2.24) is 10.3 Å². The van der Waals surface area contributed by atoms with Gasteiger partial charge in [0.1, 0.15) is 0 Å². The van der Waals surface area contributed by atoms with Gasteiger partial charge in [-0.1, -0.05) is 12.1 Å². The van der Waals surface area contributed by atoms with Crippen LogP contribution < -0.4 is 5.32 Å². The Morgan fingerprint density at radius 3 is 2.78 bits per heavy atom. The molecule has 94 valence electrons. The van der Waals surface area contributed by atoms with Crippen molar-refractivity contribution in [3.05, 3.63) is 41.6 Å². The number of fused-ring (bicyclic) bond motifs is 1. The molecule has 2 heteroatoms. The van der Waals surface area contributed by atoms with Gasteiger partial charge >= 0.3 is 0 Å². The van der Waals surface area contributed by atoms with Gasteiger partial charge in [-0.2, -0.15) is 0 Å². The van der Waals surface area contributed by atoms with E-state index in [1.54, 1.807) is 0 Å². The Morgan fingerprint density at radius 2 is 2.06 bits per heavy atom. The van der Waals surface area contributed by atoms with E-state index in [1.165, 1.54) is 30.2 Å². The number of aryl methyl sites for hydroxylation is 1. The second kappa shape index (κ2) is 4.36. The monoisotopic (exact) mass is 240 g/mol. The summed E-state index contributed by atoms with van der Waals surface area (Å²) in [5, 5.41) is 4.90. The van der Waals surface area contributed by atoms with Crippen molar-refractivity contribution in [3.8, 4) is 0 Å². The van der Waals surface area contributed by atoms with Crippen LogP contribution in [0, 0.1) is 6.92 Å². The van der Waals surface area contributed by atoms with Gasteiger partial charge in [-0.15, -0.1) is 0 Å². The van der Waals surface area contributed by atoms with Gasteiger partial charge in [0.05, 0.1) is 5.52 Å². The zero-order valence-corrected chi connectivity index (χ0v) is 11.2. The summed E-state index contributed by atoms with van der Waals surface area (Å²) in [6.45, 7) is 5.31. The first-order valence-corrected chi connectivity index (χ1v) is 6.76. The predicted molar refractivity (Wildman–Crippen MR) is 75.6 cm³/mol. The predicted octanol–water partition coefficient (Wildman–Crippen LogP) is 3.58. The molecule has 2 nitrogen and oxygen atoms in total. The summed E-state index contributed by atoms with van der Waals surface area (Å²) >= 11 is 0. The summed E-state index contributed by atoms with van der Waals surface area (Å²) < 4.78 is 0. The lowest BCUT2D eigenvalue weighted by Crippen LogP contribution is -2.47. The molecular weight excluding hydrogens is 220 g/mol. The van der Waals surface area contributed by atoms with Crippen molar-refractivity contribution in [2.24, 2.45) is 0 Å². The molecule has 18 heavy (non-hydrogen) atoms. The molecule has 0 amide bonds. The quantitative estimate of drug-likeness (QED) is 0.887. The van der Waals surface area contributed by atoms with E-state index in [1.807, 2.05) is 6.92 Å². The van der Waals surface area contributed by atoms with Gasteiger partial charge in [0.2, 0.25) is 0 Å². The third-order valence-corrected chi connectivity index (χ3v) is 4.07. The van der Waals surface area contributed by atoms with Gasteiger partial charge in [0, 0.05) is 23.2 Å². The van der Waals surface area contributed by atoms with Crippen LogP contribution in [0.15, 0.2) is 30.3 Å². The van der Waals surface area contributed by atoms with Gasteiger partial charge < -0.3 is 5.32 Å². The van der Waals surface area contributed by atoms with E-state index in [9.17, 15) is 0 Å². The summed E-state index contributed by atoms with van der Waals surface area (Å²) in [6, 6.07) is 10.8. The lowest BCUT2D eigenvalue weighted by molar-refractivity contribution is 0.207. The van der Waals surface area contributed by atoms with Crippen LogP contribution in [0.25, 0.3) is 10.9 Å². The Kier molecular flexibility index (Phi) is 2.83. The molecule has 1 saturated carbocycles. The standard InChI is InChI=1S/C16H20N2/c1-12-4-6-14-10-13(5-7-15(14)18-12)11-17-16(2)8-3-9-16/h4-7,10,17H,3,8-9,11H2,1-2H3. The molecule has 0 atom stereocenters. The maximum atomic E-state index is 4.53. The third-order valence-electron chi connectivity index (χ3n) is 4.07. The minimum absolute atomic E-state index is 0.375. The number of nitrogens with one attached hydrogen (secondary N) is 1. The van der Waals surface area contributed by atoms with Crippen molar-refractivity contribution >= 4 is 10.9 Å². The number of nitrogens with zero attached hydrogens (tertiary/aromatic N) is 1. The summed E-state index contributed by atoms with van der Waals surface area (Å²) in [6.07, 6.45) is 3.98. The van der Waals surface area contributed by atoms with Crippen molar-refractivity contribution in [2.45, 2.75) is 45.2 Å². The maximum absolute atomic E-state index is 4.53. The van der Waals surface area contributed by atoms with Gasteiger partial charge in [-0.3, -0.25) is 4.98 Å². The lowest BCUT2D eigenvalue weighted by atomic mass is 9.78. The van der Waals surface area contributed by atoms with Crippen LogP contribution in [-0.4, -0.2) is 10.5 Å². The molecule has 0 spiro atoms. The first kappa shape index (κ1) is 11.7. The summed E-state index contributed by atoms with van der Waals surface area (Å²) in [4.78, 5) is 4.53. The first-order valence-electron chi connectivity index (χ1n) is 6.76. The molecule has 1 fully saturated rings. The van der Waals surface area contributed by atoms with Crippen LogP contribution in [0.2, 0.25) is 0 Å². The number of aromatic nitrogens is 1. The molecule has 0 radical (unpaired) electrons. The molecule has 1 aromatic carbocycles. The van der Waals surface area contributed by atoms with Gasteiger partial charge in [0.25, 0.3) is 0 Å². The highest BCUT2D eigenvalue weighted by Crippen LogP contribution is 2.31. The second-order valence-corrected chi connectivity index (χ2v) is 5.75. The van der Waals surface area contributed by atoms with E-state index in [0.717, 1.165) is 17.8 Å². The minimum atomic E-state index is 0.375. The van der Waals surface area contributed by atoms with E-state index in [2.05, 4.69) is 47.6 Å². The zero-order valence-electron chi connectivity index (χ0n) is 11.2. The molecule has 1 aromatic heterocycles. The first-order chi connectivity index (χ1) is 8.65. The number of rotatable bonds is 3. The Hall–Kier alpha value is -1.41. The summed E-state index contributed by atoms with van der Waals surface area (Å²) in [5.41, 5.74) is 3.89. The molecule has 1 N–H and O–H groups in total. The Balaban J connectivity index is 1.78. The SMILES string of the molecule is Cc1ccc2cc(CNC3(C)CCC3)ccc2n1. The Bertz CT molecular complexity index is 570. The molecule has 0 aliphatic heterocycles. The molecule has 1 aliphatic rings. The average Bonchev–Trinajstić information content (AvgIpc) is 2.34. The lowest BCUT2D eigenvalue weighted by Gasteiger charge is -2.39. The highest BCUT2D eigenvalue weighted by Gasteiger charge is 2.30. The van der Waals surface area contributed by atoms with Crippen molar-refractivity contribution in [1.29, 1.82) is 0 Å². The minimum Gasteiger partial charge on any atom is -0.307 e. The summed E-state index contributed by atoms with van der Waals surface area (Å²) in [7, 11) is 0. The number of hydrogen-bond donors (Lipinski definition) is 1. The zero-order chi connectivity index (χ0) is 12.6. The van der Waals surface area contributed by atoms with Crippen LogP contribution in [0.1, 0.15) is 37.4 Å². The van der Waals surface area contributed by atoms with E-state index in [-0.39, 0.29) is 0 Å². The van der Waals surface area contributed by atoms with E-state index < -0.39 is 0 Å². The van der Waals surface area contributed by atoms with E-state index in [0.29, 0.717) is 5.54 Å². The smallest absolute Gasteiger partial charge is 0.0705 e. The fraction of sp³-hybridized carbons (Fsp3) is 0.438. The topological polar surface area (TPSA) is 24.9 Å². The summed E-state index contributed by atoms with van der Waals surface area (Å²) in [5.74, 6) is 0. The molecule has 3 rings (SSSR count). The normalized spacial score (nSPS) is 17.7. The Labute approximate surface area is 108 Å². The Morgan fingerprint density at radius 1 is 1.22 bits per heavy atom.